The maximum absolute atomic E-state index is 4.36. The summed E-state index contributed by atoms with van der Waals surface area (Å²) >= 11 is 5.63. The highest BCUT2D eigenvalue weighted by atomic mass is 127. The van der Waals surface area contributed by atoms with E-state index in [1.165, 1.54) is 0 Å². The summed E-state index contributed by atoms with van der Waals surface area (Å²) in [4.78, 5) is 4.24. The van der Waals surface area contributed by atoms with Crippen molar-refractivity contribution in [3.8, 4) is 0 Å². The highest BCUT2D eigenvalue weighted by Crippen LogP contribution is 2.16. The van der Waals surface area contributed by atoms with Gasteiger partial charge in [0.25, 0.3) is 0 Å². The van der Waals surface area contributed by atoms with Crippen LogP contribution < -0.4 is 0 Å². The van der Waals surface area contributed by atoms with Crippen LogP contribution in [0, 0.1) is 3.70 Å². The lowest BCUT2D eigenvalue weighted by Gasteiger charge is -2.03. The first-order valence-electron chi connectivity index (χ1n) is 4.96. The molecule has 0 bridgehead atoms. The van der Waals surface area contributed by atoms with Crippen molar-refractivity contribution in [2.75, 3.05) is 0 Å². The molecule has 7 heteroatoms. The van der Waals surface area contributed by atoms with Crippen molar-refractivity contribution in [2.45, 2.75) is 26.4 Å². The average molecular weight is 396 g/mol. The molecule has 2 aromatic rings. The Labute approximate surface area is 116 Å². The van der Waals surface area contributed by atoms with Gasteiger partial charge in [-0.15, -0.1) is 0 Å². The zero-order valence-corrected chi connectivity index (χ0v) is 12.5. The Morgan fingerprint density at radius 1 is 1.50 bits per heavy atom. The molecule has 0 aliphatic heterocycles. The number of rotatable bonds is 4. The summed E-state index contributed by atoms with van der Waals surface area (Å²) in [7, 11) is 0. The fraction of sp³-hybridized carbons (Fsp3) is 0.444. The van der Waals surface area contributed by atoms with Crippen LogP contribution in [0.5, 0.6) is 0 Å². The predicted molar refractivity (Wildman–Crippen MR) is 72.1 cm³/mol. The normalized spacial score (nSPS) is 10.9. The molecule has 0 saturated carbocycles. The van der Waals surface area contributed by atoms with Gasteiger partial charge in [-0.2, -0.15) is 10.2 Å². The zero-order valence-electron chi connectivity index (χ0n) is 8.77. The van der Waals surface area contributed by atoms with Crippen LogP contribution in [0.25, 0.3) is 0 Å². The molecule has 0 aliphatic carbocycles. The number of hydrogen-bond donors (Lipinski definition) is 0. The molecule has 0 radical (unpaired) electrons. The molecule has 0 unspecified atom stereocenters. The average Bonchev–Trinajstić information content (AvgIpc) is 2.77. The van der Waals surface area contributed by atoms with Crippen molar-refractivity contribution < 1.29 is 0 Å². The van der Waals surface area contributed by atoms with Crippen molar-refractivity contribution in [1.29, 1.82) is 0 Å². The van der Waals surface area contributed by atoms with Gasteiger partial charge in [0.1, 0.15) is 22.4 Å². The maximum atomic E-state index is 4.36. The second kappa shape index (κ2) is 5.26. The van der Waals surface area contributed by atoms with E-state index in [1.807, 2.05) is 15.6 Å². The summed E-state index contributed by atoms with van der Waals surface area (Å²) in [5.41, 5.74) is 0. The Hall–Kier alpha value is -0.440. The minimum atomic E-state index is 0.654. The quantitative estimate of drug-likeness (QED) is 0.746. The molecule has 0 aliphatic rings. The first-order chi connectivity index (χ1) is 7.70. The Morgan fingerprint density at radius 2 is 2.31 bits per heavy atom. The minimum absolute atomic E-state index is 0.654. The Kier molecular flexibility index (Phi) is 3.95. The van der Waals surface area contributed by atoms with Crippen molar-refractivity contribution in [1.82, 2.24) is 24.5 Å². The van der Waals surface area contributed by atoms with Gasteiger partial charge in [-0.3, -0.25) is 4.68 Å². The van der Waals surface area contributed by atoms with E-state index in [-0.39, 0.29) is 0 Å². The largest absolute Gasteiger partial charge is 0.263 e. The highest BCUT2D eigenvalue weighted by Gasteiger charge is 2.07. The molecule has 0 aromatic carbocycles. The smallest absolute Gasteiger partial charge is 0.148 e. The summed E-state index contributed by atoms with van der Waals surface area (Å²) < 4.78 is 5.75. The van der Waals surface area contributed by atoms with Crippen LogP contribution >= 0.6 is 38.5 Å². The van der Waals surface area contributed by atoms with E-state index in [0.717, 1.165) is 27.0 Å². The lowest BCUT2D eigenvalue weighted by molar-refractivity contribution is 0.538. The van der Waals surface area contributed by atoms with Gasteiger partial charge in [-0.1, -0.05) is 6.92 Å². The van der Waals surface area contributed by atoms with Gasteiger partial charge in [-0.05, 0) is 44.9 Å². The fourth-order valence-corrected chi connectivity index (χ4v) is 2.14. The van der Waals surface area contributed by atoms with Gasteiger partial charge >= 0.3 is 0 Å². The molecular weight excluding hydrogens is 385 g/mol. The third kappa shape index (κ3) is 2.62. The van der Waals surface area contributed by atoms with E-state index in [2.05, 4.69) is 60.6 Å². The van der Waals surface area contributed by atoms with E-state index in [4.69, 9.17) is 0 Å². The van der Waals surface area contributed by atoms with Crippen LogP contribution in [-0.2, 0) is 13.1 Å². The molecule has 16 heavy (non-hydrogen) atoms. The standard InChI is InChI=1S/C9H11BrIN5/c1-2-3-16-8(12-6-13-16)5-15-4-7(10)9(11)14-15/h4,6H,2-3,5H2,1H3. The summed E-state index contributed by atoms with van der Waals surface area (Å²) in [6.07, 6.45) is 4.60. The van der Waals surface area contributed by atoms with Crippen molar-refractivity contribution in [2.24, 2.45) is 0 Å². The van der Waals surface area contributed by atoms with Gasteiger partial charge < -0.3 is 0 Å². The monoisotopic (exact) mass is 395 g/mol. The molecular formula is C9H11BrIN5. The molecule has 0 atom stereocenters. The first-order valence-corrected chi connectivity index (χ1v) is 6.83. The molecule has 5 nitrogen and oxygen atoms in total. The van der Waals surface area contributed by atoms with Crippen LogP contribution in [-0.4, -0.2) is 24.5 Å². The van der Waals surface area contributed by atoms with Crippen LogP contribution in [0.1, 0.15) is 19.2 Å². The van der Waals surface area contributed by atoms with Crippen molar-refractivity contribution in [3.05, 3.63) is 26.5 Å². The molecule has 86 valence electrons. The molecule has 2 heterocycles. The maximum Gasteiger partial charge on any atom is 0.148 e. The minimum Gasteiger partial charge on any atom is -0.263 e. The molecule has 0 spiro atoms. The molecule has 2 aromatic heterocycles. The highest BCUT2D eigenvalue weighted by molar-refractivity contribution is 14.1. The Bertz CT molecular complexity index is 458. The van der Waals surface area contributed by atoms with Gasteiger partial charge in [0.05, 0.1) is 4.47 Å². The lowest BCUT2D eigenvalue weighted by Crippen LogP contribution is -2.10. The van der Waals surface area contributed by atoms with Crippen molar-refractivity contribution in [3.63, 3.8) is 0 Å². The van der Waals surface area contributed by atoms with Gasteiger partial charge in [0.15, 0.2) is 0 Å². The molecule has 0 saturated heterocycles. The number of hydrogen-bond acceptors (Lipinski definition) is 3. The van der Waals surface area contributed by atoms with Gasteiger partial charge in [0, 0.05) is 12.7 Å². The van der Waals surface area contributed by atoms with Gasteiger partial charge in [0.2, 0.25) is 0 Å². The number of aryl methyl sites for hydroxylation is 1. The van der Waals surface area contributed by atoms with E-state index < -0.39 is 0 Å². The van der Waals surface area contributed by atoms with E-state index in [0.29, 0.717) is 6.54 Å². The second-order valence-electron chi connectivity index (χ2n) is 3.36. The zero-order chi connectivity index (χ0) is 11.5. The van der Waals surface area contributed by atoms with E-state index in [1.54, 1.807) is 6.33 Å². The summed E-state index contributed by atoms with van der Waals surface area (Å²) in [5.74, 6) is 0.938. The van der Waals surface area contributed by atoms with Crippen LogP contribution in [0.4, 0.5) is 0 Å². The Balaban J connectivity index is 2.16. The summed E-state index contributed by atoms with van der Waals surface area (Å²) in [5, 5.41) is 8.54. The Morgan fingerprint density at radius 3 is 2.94 bits per heavy atom. The topological polar surface area (TPSA) is 48.5 Å². The van der Waals surface area contributed by atoms with Crippen LogP contribution in [0.15, 0.2) is 17.0 Å². The molecule has 0 fully saturated rings. The van der Waals surface area contributed by atoms with E-state index >= 15 is 0 Å². The molecule has 0 N–H and O–H groups in total. The summed E-state index contributed by atoms with van der Waals surface area (Å²) in [6.45, 7) is 3.68. The van der Waals surface area contributed by atoms with Crippen LogP contribution in [0.3, 0.4) is 0 Å². The molecule has 0 amide bonds. The third-order valence-corrected chi connectivity index (χ3v) is 4.23. The SMILES string of the molecule is CCCn1ncnc1Cn1cc(Br)c(I)n1. The van der Waals surface area contributed by atoms with Gasteiger partial charge in [-0.25, -0.2) is 9.67 Å². The predicted octanol–water partition coefficient (Wildman–Crippen LogP) is 2.30. The lowest BCUT2D eigenvalue weighted by atomic mass is 10.5. The molecule has 2 rings (SSSR count). The van der Waals surface area contributed by atoms with Crippen molar-refractivity contribution >= 4 is 38.5 Å². The fourth-order valence-electron chi connectivity index (χ4n) is 1.41. The number of nitrogens with zero attached hydrogens (tertiary/aromatic N) is 5. The number of halogens is 2. The second-order valence-corrected chi connectivity index (χ2v) is 5.24. The third-order valence-electron chi connectivity index (χ3n) is 2.11. The first kappa shape index (κ1) is 12.0. The van der Waals surface area contributed by atoms with Crippen LogP contribution in [0.2, 0.25) is 0 Å². The summed E-state index contributed by atoms with van der Waals surface area (Å²) in [6, 6.07) is 0. The van der Waals surface area contributed by atoms with E-state index in [9.17, 15) is 0 Å². The number of aromatic nitrogens is 5.